The second-order valence-electron chi connectivity index (χ2n) is 5.95. The summed E-state index contributed by atoms with van der Waals surface area (Å²) in [5, 5.41) is 2.65. The highest BCUT2D eigenvalue weighted by molar-refractivity contribution is 6.35. The maximum absolute atomic E-state index is 6.36. The third-order valence-corrected chi connectivity index (χ3v) is 4.93. The van der Waals surface area contributed by atoms with Crippen molar-refractivity contribution in [2.24, 2.45) is 5.73 Å². The molecule has 2 aromatic carbocycles. The number of nitrogens with two attached hydrogens (primary N) is 1. The quantitative estimate of drug-likeness (QED) is 0.698. The van der Waals surface area contributed by atoms with E-state index in [2.05, 4.69) is 36.6 Å². The molecule has 0 unspecified atom stereocenters. The van der Waals surface area contributed by atoms with Gasteiger partial charge in [0.25, 0.3) is 0 Å². The summed E-state index contributed by atoms with van der Waals surface area (Å²) in [5.41, 5.74) is 11.9. The molecule has 3 rings (SSSR count). The van der Waals surface area contributed by atoms with Crippen molar-refractivity contribution in [1.29, 1.82) is 0 Å². The van der Waals surface area contributed by atoms with Crippen LogP contribution in [0.3, 0.4) is 0 Å². The Hall–Kier alpha value is -1.48. The molecule has 0 aliphatic heterocycles. The van der Waals surface area contributed by atoms with E-state index in [-0.39, 0.29) is 0 Å². The van der Waals surface area contributed by atoms with Crippen LogP contribution in [0.5, 0.6) is 0 Å². The first-order valence-electron chi connectivity index (χ1n) is 7.73. The largest absolute Gasteiger partial charge is 0.340 e. The molecule has 3 aromatic rings. The lowest BCUT2D eigenvalue weighted by molar-refractivity contribution is 0.792. The maximum atomic E-state index is 6.36. The number of aromatic nitrogens is 1. The van der Waals surface area contributed by atoms with E-state index in [0.717, 1.165) is 18.5 Å². The van der Waals surface area contributed by atoms with Crippen molar-refractivity contribution in [3.8, 4) is 0 Å². The number of benzene rings is 2. The summed E-state index contributed by atoms with van der Waals surface area (Å²) in [5.74, 6) is 0. The van der Waals surface area contributed by atoms with Gasteiger partial charge < -0.3 is 10.3 Å². The van der Waals surface area contributed by atoms with Gasteiger partial charge in [0.05, 0.1) is 0 Å². The molecule has 0 spiro atoms. The van der Waals surface area contributed by atoms with Gasteiger partial charge in [0.2, 0.25) is 0 Å². The molecule has 120 valence electrons. The Labute approximate surface area is 146 Å². The van der Waals surface area contributed by atoms with E-state index in [4.69, 9.17) is 28.9 Å². The van der Waals surface area contributed by atoms with Crippen LogP contribution < -0.4 is 5.73 Å². The maximum Gasteiger partial charge on any atom is 0.0493 e. The summed E-state index contributed by atoms with van der Waals surface area (Å²) < 4.78 is 2.31. The first kappa shape index (κ1) is 16.4. The van der Waals surface area contributed by atoms with E-state index in [1.165, 1.54) is 27.7 Å². The molecule has 2 nitrogen and oxygen atoms in total. The van der Waals surface area contributed by atoms with Crippen LogP contribution in [0, 0.1) is 13.8 Å². The molecule has 0 atom stereocenters. The Morgan fingerprint density at radius 1 is 1.04 bits per heavy atom. The van der Waals surface area contributed by atoms with Crippen LogP contribution in [0.4, 0.5) is 0 Å². The molecule has 23 heavy (non-hydrogen) atoms. The summed E-state index contributed by atoms with van der Waals surface area (Å²) in [4.78, 5) is 0. The van der Waals surface area contributed by atoms with Gasteiger partial charge in [-0.3, -0.25) is 0 Å². The smallest absolute Gasteiger partial charge is 0.0493 e. The number of halogens is 2. The van der Waals surface area contributed by atoms with E-state index >= 15 is 0 Å². The van der Waals surface area contributed by atoms with Gasteiger partial charge >= 0.3 is 0 Å². The second-order valence-corrected chi connectivity index (χ2v) is 6.79. The minimum Gasteiger partial charge on any atom is -0.340 e. The van der Waals surface area contributed by atoms with E-state index < -0.39 is 0 Å². The van der Waals surface area contributed by atoms with Crippen LogP contribution in [0.25, 0.3) is 10.9 Å². The molecule has 0 radical (unpaired) electrons. The molecule has 0 aliphatic carbocycles. The minimum absolute atomic E-state index is 0.648. The van der Waals surface area contributed by atoms with E-state index in [1.807, 2.05) is 12.1 Å². The Balaban J connectivity index is 2.15. The van der Waals surface area contributed by atoms with Gasteiger partial charge in [0.15, 0.2) is 0 Å². The standard InChI is InChI=1S/C19H20Cl2N2/c1-12-3-6-19-17(9-12)16(7-8-22)13(2)23(19)11-14-4-5-15(20)10-18(14)21/h3-6,9-10H,7-8,11,22H2,1-2H3. The zero-order valence-corrected chi connectivity index (χ0v) is 14.9. The van der Waals surface area contributed by atoms with E-state index in [9.17, 15) is 0 Å². The molecule has 2 N–H and O–H groups in total. The topological polar surface area (TPSA) is 30.9 Å². The fourth-order valence-corrected chi connectivity index (χ4v) is 3.62. The zero-order chi connectivity index (χ0) is 16.6. The van der Waals surface area contributed by atoms with Crippen molar-refractivity contribution >= 4 is 34.1 Å². The molecule has 1 heterocycles. The van der Waals surface area contributed by atoms with Gasteiger partial charge in [-0.25, -0.2) is 0 Å². The van der Waals surface area contributed by atoms with E-state index in [1.54, 1.807) is 6.07 Å². The Bertz CT molecular complexity index is 865. The van der Waals surface area contributed by atoms with Crippen molar-refractivity contribution in [2.75, 3.05) is 6.54 Å². The second kappa shape index (κ2) is 6.56. The lowest BCUT2D eigenvalue weighted by Gasteiger charge is -2.11. The number of aryl methyl sites for hydroxylation is 1. The number of hydrogen-bond acceptors (Lipinski definition) is 1. The van der Waals surface area contributed by atoms with Crippen LogP contribution >= 0.6 is 23.2 Å². The highest BCUT2D eigenvalue weighted by Crippen LogP contribution is 2.30. The average Bonchev–Trinajstić information content (AvgIpc) is 2.75. The highest BCUT2D eigenvalue weighted by Gasteiger charge is 2.15. The van der Waals surface area contributed by atoms with Crippen molar-refractivity contribution in [2.45, 2.75) is 26.8 Å². The summed E-state index contributed by atoms with van der Waals surface area (Å²) in [7, 11) is 0. The summed E-state index contributed by atoms with van der Waals surface area (Å²) >= 11 is 12.4. The van der Waals surface area contributed by atoms with Crippen molar-refractivity contribution in [3.63, 3.8) is 0 Å². The van der Waals surface area contributed by atoms with Gasteiger partial charge in [-0.2, -0.15) is 0 Å². The van der Waals surface area contributed by atoms with Crippen molar-refractivity contribution in [1.82, 2.24) is 4.57 Å². The molecule has 0 fully saturated rings. The van der Waals surface area contributed by atoms with Gasteiger partial charge in [-0.15, -0.1) is 0 Å². The molecule has 0 bridgehead atoms. The SMILES string of the molecule is Cc1ccc2c(c1)c(CCN)c(C)n2Cc1ccc(Cl)cc1Cl. The van der Waals surface area contributed by atoms with Crippen LogP contribution in [0.2, 0.25) is 10.0 Å². The Morgan fingerprint density at radius 3 is 2.52 bits per heavy atom. The van der Waals surface area contributed by atoms with Gasteiger partial charge in [0.1, 0.15) is 0 Å². The monoisotopic (exact) mass is 346 g/mol. The number of fused-ring (bicyclic) bond motifs is 1. The van der Waals surface area contributed by atoms with Crippen molar-refractivity contribution < 1.29 is 0 Å². The summed E-state index contributed by atoms with van der Waals surface area (Å²) in [6.45, 7) is 5.65. The third-order valence-electron chi connectivity index (χ3n) is 4.35. The van der Waals surface area contributed by atoms with Gasteiger partial charge in [-0.1, -0.05) is 40.9 Å². The predicted molar refractivity (Wildman–Crippen MR) is 99.7 cm³/mol. The first-order chi connectivity index (χ1) is 11.0. The number of hydrogen-bond donors (Lipinski definition) is 1. The Kier molecular flexibility index (Phi) is 4.67. The summed E-state index contributed by atoms with van der Waals surface area (Å²) in [6.07, 6.45) is 0.882. The molecule has 0 saturated carbocycles. The molecule has 1 aromatic heterocycles. The molecular formula is C19H20Cl2N2. The fraction of sp³-hybridized carbons (Fsp3) is 0.263. The lowest BCUT2D eigenvalue weighted by atomic mass is 10.1. The zero-order valence-electron chi connectivity index (χ0n) is 13.4. The van der Waals surface area contributed by atoms with Gasteiger partial charge in [0, 0.05) is 33.2 Å². The summed E-state index contributed by atoms with van der Waals surface area (Å²) in [6, 6.07) is 12.2. The van der Waals surface area contributed by atoms with E-state index in [0.29, 0.717) is 16.6 Å². The molecular weight excluding hydrogens is 327 g/mol. The van der Waals surface area contributed by atoms with Crippen LogP contribution in [-0.2, 0) is 13.0 Å². The molecule has 0 aliphatic rings. The first-order valence-corrected chi connectivity index (χ1v) is 8.49. The molecule has 0 amide bonds. The van der Waals surface area contributed by atoms with Crippen molar-refractivity contribution in [3.05, 3.63) is 68.8 Å². The van der Waals surface area contributed by atoms with Crippen LogP contribution in [0.1, 0.15) is 22.4 Å². The average molecular weight is 347 g/mol. The van der Waals surface area contributed by atoms with Crippen LogP contribution in [0.15, 0.2) is 36.4 Å². The number of rotatable bonds is 4. The van der Waals surface area contributed by atoms with Crippen LogP contribution in [-0.4, -0.2) is 11.1 Å². The fourth-order valence-electron chi connectivity index (χ4n) is 3.15. The number of nitrogens with zero attached hydrogens (tertiary/aromatic N) is 1. The molecule has 4 heteroatoms. The minimum atomic E-state index is 0.648. The highest BCUT2D eigenvalue weighted by atomic mass is 35.5. The Morgan fingerprint density at radius 2 is 1.83 bits per heavy atom. The normalized spacial score (nSPS) is 11.3. The molecule has 0 saturated heterocycles. The lowest BCUT2D eigenvalue weighted by Crippen LogP contribution is -2.06. The van der Waals surface area contributed by atoms with Gasteiger partial charge in [-0.05, 0) is 62.2 Å². The predicted octanol–water partition coefficient (Wildman–Crippen LogP) is 5.11. The third kappa shape index (κ3) is 3.12.